The normalized spacial score (nSPS) is 12.0. The molecule has 124 valence electrons. The highest BCUT2D eigenvalue weighted by Crippen LogP contribution is 2.34. The van der Waals surface area contributed by atoms with Gasteiger partial charge in [-0.25, -0.2) is 9.97 Å². The van der Waals surface area contributed by atoms with Gasteiger partial charge in [0.2, 0.25) is 6.79 Å². The number of nitrogens with zero attached hydrogens (tertiary/aromatic N) is 2. The Bertz CT molecular complexity index is 942. The molecule has 0 unspecified atom stereocenters. The number of hydrogen-bond acceptors (Lipinski definition) is 5. The van der Waals surface area contributed by atoms with Crippen LogP contribution in [-0.2, 0) is 0 Å². The summed E-state index contributed by atoms with van der Waals surface area (Å²) in [5, 5.41) is 2.83. The van der Waals surface area contributed by atoms with Crippen LogP contribution in [0.15, 0.2) is 54.7 Å². The third kappa shape index (κ3) is 3.01. The molecule has 2 heterocycles. The van der Waals surface area contributed by atoms with Crippen molar-refractivity contribution >= 4 is 11.6 Å². The average Bonchev–Trinajstić information content (AvgIpc) is 3.10. The van der Waals surface area contributed by atoms with Crippen LogP contribution >= 0.6 is 0 Å². The van der Waals surface area contributed by atoms with Crippen molar-refractivity contribution in [1.29, 1.82) is 0 Å². The first-order valence-corrected chi connectivity index (χ1v) is 7.81. The van der Waals surface area contributed by atoms with Crippen LogP contribution in [0.3, 0.4) is 0 Å². The molecule has 1 aliphatic heterocycles. The molecule has 0 fully saturated rings. The van der Waals surface area contributed by atoms with Gasteiger partial charge in [-0.3, -0.25) is 4.79 Å². The molecule has 1 aliphatic rings. The Hall–Kier alpha value is -3.41. The number of fused-ring (bicyclic) bond motifs is 1. The van der Waals surface area contributed by atoms with Gasteiger partial charge in [-0.1, -0.05) is 30.3 Å². The van der Waals surface area contributed by atoms with Gasteiger partial charge in [-0.2, -0.15) is 0 Å². The van der Waals surface area contributed by atoms with E-state index >= 15 is 0 Å². The minimum atomic E-state index is -0.268. The molecule has 0 atom stereocenters. The van der Waals surface area contributed by atoms with E-state index in [2.05, 4.69) is 15.3 Å². The molecule has 1 N–H and O–H groups in total. The Morgan fingerprint density at radius 1 is 1.08 bits per heavy atom. The zero-order valence-corrected chi connectivity index (χ0v) is 13.5. The van der Waals surface area contributed by atoms with Crippen molar-refractivity contribution in [2.45, 2.75) is 6.92 Å². The molecule has 0 saturated heterocycles. The highest BCUT2D eigenvalue weighted by molar-refractivity contribution is 6.05. The number of carbonyl (C=O) groups excluding carboxylic acids is 1. The number of nitrogens with one attached hydrogen (secondary N) is 1. The van der Waals surface area contributed by atoms with E-state index in [0.29, 0.717) is 34.3 Å². The smallest absolute Gasteiger partial charge is 0.259 e. The Balaban J connectivity index is 1.56. The van der Waals surface area contributed by atoms with Gasteiger partial charge in [0, 0.05) is 23.5 Å². The zero-order chi connectivity index (χ0) is 17.2. The first-order valence-electron chi connectivity index (χ1n) is 7.81. The lowest BCUT2D eigenvalue weighted by Crippen LogP contribution is -2.15. The molecule has 0 aliphatic carbocycles. The molecule has 0 radical (unpaired) electrons. The van der Waals surface area contributed by atoms with Gasteiger partial charge in [0.05, 0.1) is 11.3 Å². The van der Waals surface area contributed by atoms with Crippen molar-refractivity contribution < 1.29 is 14.3 Å². The predicted molar refractivity (Wildman–Crippen MR) is 92.7 cm³/mol. The Labute approximate surface area is 144 Å². The van der Waals surface area contributed by atoms with Crippen LogP contribution in [0, 0.1) is 6.92 Å². The van der Waals surface area contributed by atoms with E-state index in [1.807, 2.05) is 30.3 Å². The predicted octanol–water partition coefficient (Wildman–Crippen LogP) is 3.43. The van der Waals surface area contributed by atoms with E-state index in [0.717, 1.165) is 5.56 Å². The van der Waals surface area contributed by atoms with Crippen LogP contribution in [0.25, 0.3) is 11.4 Å². The molecule has 4 rings (SSSR count). The van der Waals surface area contributed by atoms with E-state index in [1.165, 1.54) is 0 Å². The second-order valence-corrected chi connectivity index (χ2v) is 5.58. The summed E-state index contributed by atoms with van der Waals surface area (Å²) in [5.74, 6) is 1.61. The van der Waals surface area contributed by atoms with Crippen LogP contribution in [0.2, 0.25) is 0 Å². The van der Waals surface area contributed by atoms with Crippen molar-refractivity contribution in [1.82, 2.24) is 9.97 Å². The molecular weight excluding hydrogens is 318 g/mol. The van der Waals surface area contributed by atoms with Crippen molar-refractivity contribution in [3.05, 3.63) is 66.0 Å². The fourth-order valence-electron chi connectivity index (χ4n) is 2.59. The van der Waals surface area contributed by atoms with Crippen molar-refractivity contribution in [2.75, 3.05) is 12.1 Å². The number of benzene rings is 2. The van der Waals surface area contributed by atoms with E-state index in [9.17, 15) is 4.79 Å². The maximum absolute atomic E-state index is 12.5. The lowest BCUT2D eigenvalue weighted by atomic mass is 10.1. The van der Waals surface area contributed by atoms with Gasteiger partial charge < -0.3 is 14.8 Å². The van der Waals surface area contributed by atoms with Crippen LogP contribution in [-0.4, -0.2) is 22.7 Å². The van der Waals surface area contributed by atoms with Gasteiger partial charge in [0.25, 0.3) is 5.91 Å². The van der Waals surface area contributed by atoms with E-state index in [-0.39, 0.29) is 12.7 Å². The molecule has 6 nitrogen and oxygen atoms in total. The molecule has 3 aromatic rings. The van der Waals surface area contributed by atoms with Gasteiger partial charge >= 0.3 is 0 Å². The maximum Gasteiger partial charge on any atom is 0.259 e. The minimum Gasteiger partial charge on any atom is -0.454 e. The number of ether oxygens (including phenoxy) is 2. The largest absolute Gasteiger partial charge is 0.454 e. The van der Waals surface area contributed by atoms with Crippen molar-refractivity contribution in [3.63, 3.8) is 0 Å². The minimum absolute atomic E-state index is 0.195. The van der Waals surface area contributed by atoms with Crippen LogP contribution in [0.1, 0.15) is 16.1 Å². The molecule has 2 aromatic carbocycles. The second-order valence-electron chi connectivity index (χ2n) is 5.58. The number of anilines is 1. The lowest BCUT2D eigenvalue weighted by molar-refractivity contribution is 0.102. The molecule has 0 spiro atoms. The summed E-state index contributed by atoms with van der Waals surface area (Å²) in [5.41, 5.74) is 2.58. The number of carbonyl (C=O) groups is 1. The number of aromatic nitrogens is 2. The standard InChI is InChI=1S/C19H15N3O3/c1-12-15(10-20-18(21-12)13-5-3-2-4-6-13)19(23)22-14-7-8-16-17(9-14)25-11-24-16/h2-10H,11H2,1H3,(H,22,23). The maximum atomic E-state index is 12.5. The number of amides is 1. The highest BCUT2D eigenvalue weighted by atomic mass is 16.7. The van der Waals surface area contributed by atoms with Crippen LogP contribution in [0.5, 0.6) is 11.5 Å². The first kappa shape index (κ1) is 15.1. The summed E-state index contributed by atoms with van der Waals surface area (Å²) in [6.45, 7) is 1.99. The van der Waals surface area contributed by atoms with Crippen molar-refractivity contribution in [2.24, 2.45) is 0 Å². The lowest BCUT2D eigenvalue weighted by Gasteiger charge is -2.09. The van der Waals surface area contributed by atoms with Gasteiger partial charge in [0.1, 0.15) is 0 Å². The molecule has 0 saturated carbocycles. The molecule has 0 bridgehead atoms. The number of rotatable bonds is 3. The topological polar surface area (TPSA) is 73.3 Å². The quantitative estimate of drug-likeness (QED) is 0.795. The van der Waals surface area contributed by atoms with Crippen molar-refractivity contribution in [3.8, 4) is 22.9 Å². The van der Waals surface area contributed by atoms with Crippen LogP contribution < -0.4 is 14.8 Å². The number of hydrogen-bond donors (Lipinski definition) is 1. The Morgan fingerprint density at radius 2 is 1.88 bits per heavy atom. The zero-order valence-electron chi connectivity index (χ0n) is 13.5. The fourth-order valence-corrected chi connectivity index (χ4v) is 2.59. The van der Waals surface area contributed by atoms with Gasteiger partial charge in [-0.15, -0.1) is 0 Å². The summed E-state index contributed by atoms with van der Waals surface area (Å²) in [4.78, 5) is 21.3. The Morgan fingerprint density at radius 3 is 2.68 bits per heavy atom. The summed E-state index contributed by atoms with van der Waals surface area (Å²) < 4.78 is 10.6. The van der Waals surface area contributed by atoms with E-state index < -0.39 is 0 Å². The fraction of sp³-hybridized carbons (Fsp3) is 0.105. The molecule has 1 amide bonds. The van der Waals surface area contributed by atoms with E-state index in [4.69, 9.17) is 9.47 Å². The highest BCUT2D eigenvalue weighted by Gasteiger charge is 2.16. The first-order chi connectivity index (χ1) is 12.2. The molecular formula is C19H15N3O3. The van der Waals surface area contributed by atoms with E-state index in [1.54, 1.807) is 31.3 Å². The monoisotopic (exact) mass is 333 g/mol. The van der Waals surface area contributed by atoms with Gasteiger partial charge in [0.15, 0.2) is 17.3 Å². The SMILES string of the molecule is Cc1nc(-c2ccccc2)ncc1C(=O)Nc1ccc2c(c1)OCO2. The molecule has 1 aromatic heterocycles. The second kappa shape index (κ2) is 6.24. The summed E-state index contributed by atoms with van der Waals surface area (Å²) in [6.07, 6.45) is 1.55. The number of aryl methyl sites for hydroxylation is 1. The molecule has 6 heteroatoms. The van der Waals surface area contributed by atoms with Crippen LogP contribution in [0.4, 0.5) is 5.69 Å². The molecule has 25 heavy (non-hydrogen) atoms. The van der Waals surface area contributed by atoms with Gasteiger partial charge in [-0.05, 0) is 19.1 Å². The third-order valence-corrected chi connectivity index (χ3v) is 3.89. The Kier molecular flexibility index (Phi) is 3.78. The third-order valence-electron chi connectivity index (χ3n) is 3.89. The average molecular weight is 333 g/mol. The summed E-state index contributed by atoms with van der Waals surface area (Å²) in [6, 6.07) is 14.9. The summed E-state index contributed by atoms with van der Waals surface area (Å²) in [7, 11) is 0. The summed E-state index contributed by atoms with van der Waals surface area (Å²) >= 11 is 0.